The van der Waals surface area contributed by atoms with Gasteiger partial charge in [0, 0.05) is 0 Å². The highest BCUT2D eigenvalue weighted by Gasteiger charge is 2.16. The van der Waals surface area contributed by atoms with Gasteiger partial charge >= 0.3 is 5.97 Å². The van der Waals surface area contributed by atoms with Gasteiger partial charge in [-0.1, -0.05) is 43.3 Å². The van der Waals surface area contributed by atoms with E-state index in [0.717, 1.165) is 24.6 Å². The lowest BCUT2D eigenvalue weighted by Crippen LogP contribution is -2.22. The monoisotopic (exact) mass is 400 g/mol. The first-order chi connectivity index (χ1) is 13.5. The predicted molar refractivity (Wildman–Crippen MR) is 109 cm³/mol. The molecule has 0 bridgehead atoms. The van der Waals surface area contributed by atoms with Crippen LogP contribution < -0.4 is 5.56 Å². The van der Waals surface area contributed by atoms with Gasteiger partial charge in [-0.15, -0.1) is 0 Å². The Labute approximate surface area is 166 Å². The summed E-state index contributed by atoms with van der Waals surface area (Å²) >= 11 is 1.10. The molecular weight excluding hydrogens is 379 g/mol. The summed E-state index contributed by atoms with van der Waals surface area (Å²) in [6.45, 7) is 4.04. The summed E-state index contributed by atoms with van der Waals surface area (Å²) in [6, 6.07) is 11.5. The number of carbonyl (C=O) groups is 1. The van der Waals surface area contributed by atoms with Gasteiger partial charge in [-0.2, -0.15) is 0 Å². The van der Waals surface area contributed by atoms with Gasteiger partial charge in [-0.05, 0) is 43.2 Å². The van der Waals surface area contributed by atoms with Crippen molar-refractivity contribution in [3.8, 4) is 5.69 Å². The Morgan fingerprint density at radius 1 is 1.25 bits per heavy atom. The zero-order chi connectivity index (χ0) is 20.1. The number of halogens is 1. The number of ether oxygens (including phenoxy) is 1. The topological polar surface area (TPSA) is 61.2 Å². The molecule has 0 spiro atoms. The standard InChI is InChI=1S/C21H21FN2O3S/c1-3-4-11-27-19(25)13-28-21-23-18-8-6-5-7-16(18)20(26)24(21)15-10-9-14(2)17(22)12-15/h5-10,12H,3-4,11,13H2,1-2H3. The van der Waals surface area contributed by atoms with Crippen LogP contribution in [0.15, 0.2) is 52.4 Å². The summed E-state index contributed by atoms with van der Waals surface area (Å²) in [5.74, 6) is -0.766. The molecule has 3 aromatic rings. The number of fused-ring (bicyclic) bond motifs is 1. The fourth-order valence-electron chi connectivity index (χ4n) is 2.65. The van der Waals surface area contributed by atoms with Crippen molar-refractivity contribution in [2.45, 2.75) is 31.8 Å². The van der Waals surface area contributed by atoms with E-state index < -0.39 is 5.82 Å². The predicted octanol–water partition coefficient (Wildman–Crippen LogP) is 4.27. The fourth-order valence-corrected chi connectivity index (χ4v) is 3.46. The quantitative estimate of drug-likeness (QED) is 0.257. The van der Waals surface area contributed by atoms with Crippen molar-refractivity contribution < 1.29 is 13.9 Å². The van der Waals surface area contributed by atoms with Crippen LogP contribution in [0.3, 0.4) is 0 Å². The van der Waals surface area contributed by atoms with Gasteiger partial charge in [-0.25, -0.2) is 9.37 Å². The minimum atomic E-state index is -0.410. The highest BCUT2D eigenvalue weighted by Crippen LogP contribution is 2.22. The average molecular weight is 400 g/mol. The molecule has 0 aliphatic heterocycles. The number of rotatable bonds is 7. The van der Waals surface area contributed by atoms with Crippen LogP contribution in [-0.2, 0) is 9.53 Å². The number of carbonyl (C=O) groups excluding carboxylic acids is 1. The minimum absolute atomic E-state index is 0.0167. The Morgan fingerprint density at radius 3 is 2.79 bits per heavy atom. The van der Waals surface area contributed by atoms with Gasteiger partial charge in [-0.3, -0.25) is 14.2 Å². The average Bonchev–Trinajstić information content (AvgIpc) is 2.69. The van der Waals surface area contributed by atoms with Crippen LogP contribution in [0.4, 0.5) is 4.39 Å². The van der Waals surface area contributed by atoms with E-state index in [-0.39, 0.29) is 17.3 Å². The maximum absolute atomic E-state index is 14.1. The van der Waals surface area contributed by atoms with Gasteiger partial charge in [0.15, 0.2) is 5.16 Å². The van der Waals surface area contributed by atoms with Crippen molar-refractivity contribution in [1.29, 1.82) is 0 Å². The third kappa shape index (κ3) is 4.42. The third-order valence-corrected chi connectivity index (χ3v) is 5.15. The fraction of sp³-hybridized carbons (Fsp3) is 0.286. The summed E-state index contributed by atoms with van der Waals surface area (Å²) < 4.78 is 20.6. The molecule has 0 saturated carbocycles. The normalized spacial score (nSPS) is 11.0. The maximum Gasteiger partial charge on any atom is 0.316 e. The van der Waals surface area contributed by atoms with Gasteiger partial charge in [0.05, 0.1) is 29.0 Å². The molecular formula is C21H21FN2O3S. The first-order valence-electron chi connectivity index (χ1n) is 9.08. The van der Waals surface area contributed by atoms with Crippen LogP contribution in [0, 0.1) is 12.7 Å². The Kier molecular flexibility index (Phi) is 6.46. The highest BCUT2D eigenvalue weighted by molar-refractivity contribution is 7.99. The van der Waals surface area contributed by atoms with Gasteiger partial charge in [0.2, 0.25) is 0 Å². The van der Waals surface area contributed by atoms with E-state index in [2.05, 4.69) is 4.98 Å². The Morgan fingerprint density at radius 2 is 2.04 bits per heavy atom. The number of aromatic nitrogens is 2. The zero-order valence-corrected chi connectivity index (χ0v) is 16.6. The van der Waals surface area contributed by atoms with Crippen LogP contribution in [-0.4, -0.2) is 27.9 Å². The van der Waals surface area contributed by atoms with Crippen molar-refractivity contribution in [3.63, 3.8) is 0 Å². The molecule has 3 rings (SSSR count). The van der Waals surface area contributed by atoms with Crippen molar-refractivity contribution in [3.05, 3.63) is 64.2 Å². The summed E-state index contributed by atoms with van der Waals surface area (Å²) in [6.07, 6.45) is 1.74. The molecule has 0 atom stereocenters. The largest absolute Gasteiger partial charge is 0.465 e. The number of benzene rings is 2. The van der Waals surface area contributed by atoms with E-state index in [1.807, 2.05) is 6.92 Å². The molecule has 5 nitrogen and oxygen atoms in total. The number of aryl methyl sites for hydroxylation is 1. The van der Waals surface area contributed by atoms with E-state index >= 15 is 0 Å². The number of para-hydroxylation sites is 1. The Hall–Kier alpha value is -2.67. The molecule has 1 aromatic heterocycles. The van der Waals surface area contributed by atoms with E-state index in [1.165, 1.54) is 10.6 Å². The van der Waals surface area contributed by atoms with Crippen molar-refractivity contribution in [2.75, 3.05) is 12.4 Å². The minimum Gasteiger partial charge on any atom is -0.465 e. The smallest absolute Gasteiger partial charge is 0.316 e. The third-order valence-electron chi connectivity index (χ3n) is 4.24. The lowest BCUT2D eigenvalue weighted by molar-refractivity contribution is -0.140. The van der Waals surface area contributed by atoms with Gasteiger partial charge in [0.1, 0.15) is 5.82 Å². The number of esters is 1. The van der Waals surface area contributed by atoms with Crippen LogP contribution in [0.2, 0.25) is 0 Å². The molecule has 0 radical (unpaired) electrons. The van der Waals surface area contributed by atoms with Crippen LogP contribution in [0.25, 0.3) is 16.6 Å². The molecule has 0 aliphatic carbocycles. The number of unbranched alkanes of at least 4 members (excludes halogenated alkanes) is 1. The van der Waals surface area contributed by atoms with Gasteiger partial charge < -0.3 is 4.74 Å². The number of thioether (sulfide) groups is 1. The summed E-state index contributed by atoms with van der Waals surface area (Å²) in [7, 11) is 0. The number of hydrogen-bond donors (Lipinski definition) is 0. The highest BCUT2D eigenvalue weighted by atomic mass is 32.2. The number of nitrogens with zero attached hydrogens (tertiary/aromatic N) is 2. The summed E-state index contributed by atoms with van der Waals surface area (Å²) in [5, 5.41) is 0.748. The SMILES string of the molecule is CCCCOC(=O)CSc1nc2ccccc2c(=O)n1-c1ccc(C)c(F)c1. The lowest BCUT2D eigenvalue weighted by Gasteiger charge is -2.13. The second-order valence-electron chi connectivity index (χ2n) is 6.35. The first-order valence-corrected chi connectivity index (χ1v) is 10.1. The van der Waals surface area contributed by atoms with Crippen LogP contribution in [0.5, 0.6) is 0 Å². The molecule has 146 valence electrons. The second kappa shape index (κ2) is 9.01. The van der Waals surface area contributed by atoms with Crippen molar-refractivity contribution in [2.24, 2.45) is 0 Å². The second-order valence-corrected chi connectivity index (χ2v) is 7.29. The lowest BCUT2D eigenvalue weighted by atomic mass is 10.2. The maximum atomic E-state index is 14.1. The molecule has 0 fully saturated rings. The van der Waals surface area contributed by atoms with E-state index in [0.29, 0.717) is 33.9 Å². The molecule has 28 heavy (non-hydrogen) atoms. The molecule has 0 unspecified atom stereocenters. The molecule has 2 aromatic carbocycles. The molecule has 0 amide bonds. The molecule has 0 saturated heterocycles. The first kappa shape index (κ1) is 20.1. The number of hydrogen-bond acceptors (Lipinski definition) is 5. The molecule has 0 aliphatic rings. The van der Waals surface area contributed by atoms with E-state index in [1.54, 1.807) is 43.3 Å². The summed E-state index contributed by atoms with van der Waals surface area (Å²) in [5.41, 5.74) is 1.07. The molecule has 1 heterocycles. The zero-order valence-electron chi connectivity index (χ0n) is 15.8. The van der Waals surface area contributed by atoms with Crippen molar-refractivity contribution in [1.82, 2.24) is 9.55 Å². The molecule has 7 heteroatoms. The van der Waals surface area contributed by atoms with Crippen LogP contribution in [0.1, 0.15) is 25.3 Å². The van der Waals surface area contributed by atoms with Crippen molar-refractivity contribution >= 4 is 28.6 Å². The Bertz CT molecular complexity index is 1070. The van der Waals surface area contributed by atoms with Crippen LogP contribution >= 0.6 is 11.8 Å². The van der Waals surface area contributed by atoms with E-state index in [4.69, 9.17) is 4.74 Å². The Balaban J connectivity index is 2.01. The molecule has 0 N–H and O–H groups in total. The van der Waals surface area contributed by atoms with E-state index in [9.17, 15) is 14.0 Å². The van der Waals surface area contributed by atoms with Gasteiger partial charge in [0.25, 0.3) is 5.56 Å². The summed E-state index contributed by atoms with van der Waals surface area (Å²) in [4.78, 5) is 29.6.